The Balaban J connectivity index is 3.07. The second kappa shape index (κ2) is 3.71. The fraction of sp³-hybridized carbons (Fsp3) is 1.00. The molecular formula is C5H9F3O. The summed E-state index contributed by atoms with van der Waals surface area (Å²) in [6, 6.07) is 0. The molecule has 0 heterocycles. The number of unbranched alkanes of at least 4 members (excludes halogenated alkanes) is 1. The largest absolute Gasteiger partial charge is 0.522 e. The molecule has 9 heavy (non-hydrogen) atoms. The zero-order chi connectivity index (χ0) is 7.33. The van der Waals surface area contributed by atoms with Gasteiger partial charge >= 0.3 is 6.36 Å². The monoisotopic (exact) mass is 142 g/mol. The molecule has 0 aliphatic rings. The van der Waals surface area contributed by atoms with Crippen LogP contribution in [-0.2, 0) is 4.74 Å². The van der Waals surface area contributed by atoms with Crippen molar-refractivity contribution < 1.29 is 17.9 Å². The van der Waals surface area contributed by atoms with E-state index in [9.17, 15) is 13.2 Å². The molecule has 0 aromatic heterocycles. The molecule has 0 fully saturated rings. The lowest BCUT2D eigenvalue weighted by atomic mass is 10.4. The third-order valence-corrected chi connectivity index (χ3v) is 0.764. The molecule has 0 saturated carbocycles. The Bertz CT molecular complexity index is 69.1. The van der Waals surface area contributed by atoms with Gasteiger partial charge in [-0.25, -0.2) is 0 Å². The second-order valence-electron chi connectivity index (χ2n) is 1.65. The summed E-state index contributed by atoms with van der Waals surface area (Å²) >= 11 is 0. The van der Waals surface area contributed by atoms with Crippen LogP contribution in [0.4, 0.5) is 13.2 Å². The molecule has 0 unspecified atom stereocenters. The summed E-state index contributed by atoms with van der Waals surface area (Å²) in [5.41, 5.74) is 0. The van der Waals surface area contributed by atoms with E-state index in [4.69, 9.17) is 0 Å². The van der Waals surface area contributed by atoms with Gasteiger partial charge in [0.2, 0.25) is 0 Å². The van der Waals surface area contributed by atoms with Gasteiger partial charge in [-0.3, -0.25) is 4.74 Å². The van der Waals surface area contributed by atoms with E-state index in [1.54, 1.807) is 6.92 Å². The van der Waals surface area contributed by atoms with Gasteiger partial charge in [-0.1, -0.05) is 13.3 Å². The van der Waals surface area contributed by atoms with Crippen molar-refractivity contribution in [3.8, 4) is 0 Å². The Hall–Kier alpha value is -0.250. The Morgan fingerprint density at radius 3 is 2.22 bits per heavy atom. The molecule has 0 aromatic rings. The van der Waals surface area contributed by atoms with E-state index in [1.807, 2.05) is 0 Å². The Morgan fingerprint density at radius 2 is 1.89 bits per heavy atom. The SMILES string of the molecule is CCCCOC(F)(F)F. The minimum atomic E-state index is -4.45. The minimum Gasteiger partial charge on any atom is -0.292 e. The fourth-order valence-electron chi connectivity index (χ4n) is 0.332. The van der Waals surface area contributed by atoms with Crippen molar-refractivity contribution in [3.05, 3.63) is 0 Å². The first-order valence-corrected chi connectivity index (χ1v) is 2.77. The van der Waals surface area contributed by atoms with E-state index in [0.29, 0.717) is 6.42 Å². The van der Waals surface area contributed by atoms with Gasteiger partial charge < -0.3 is 0 Å². The fourth-order valence-corrected chi connectivity index (χ4v) is 0.332. The molecular weight excluding hydrogens is 133 g/mol. The maximum absolute atomic E-state index is 11.2. The van der Waals surface area contributed by atoms with Gasteiger partial charge in [0.05, 0.1) is 6.61 Å². The van der Waals surface area contributed by atoms with Crippen LogP contribution in [0.15, 0.2) is 0 Å². The summed E-state index contributed by atoms with van der Waals surface area (Å²) in [6.45, 7) is 1.58. The topological polar surface area (TPSA) is 9.23 Å². The summed E-state index contributed by atoms with van der Waals surface area (Å²) in [7, 11) is 0. The molecule has 0 bridgehead atoms. The van der Waals surface area contributed by atoms with Crippen molar-refractivity contribution in [1.82, 2.24) is 0 Å². The van der Waals surface area contributed by atoms with Crippen molar-refractivity contribution >= 4 is 0 Å². The highest BCUT2D eigenvalue weighted by Crippen LogP contribution is 2.16. The van der Waals surface area contributed by atoms with E-state index >= 15 is 0 Å². The molecule has 0 rings (SSSR count). The van der Waals surface area contributed by atoms with Crippen LogP contribution in [0.3, 0.4) is 0 Å². The van der Waals surface area contributed by atoms with Crippen molar-refractivity contribution in [1.29, 1.82) is 0 Å². The number of hydrogen-bond donors (Lipinski definition) is 0. The molecule has 0 amide bonds. The standard InChI is InChI=1S/C5H9F3O/c1-2-3-4-9-5(6,7)8/h2-4H2,1H3. The predicted octanol–water partition coefficient (Wildman–Crippen LogP) is 2.32. The van der Waals surface area contributed by atoms with Crippen LogP contribution < -0.4 is 0 Å². The number of halogens is 3. The number of rotatable bonds is 3. The van der Waals surface area contributed by atoms with Crippen molar-refractivity contribution in [2.75, 3.05) is 6.61 Å². The zero-order valence-corrected chi connectivity index (χ0v) is 5.16. The summed E-state index contributed by atoms with van der Waals surface area (Å²) in [5.74, 6) is 0. The van der Waals surface area contributed by atoms with E-state index in [0.717, 1.165) is 6.42 Å². The van der Waals surface area contributed by atoms with Crippen molar-refractivity contribution in [2.45, 2.75) is 26.1 Å². The van der Waals surface area contributed by atoms with Crippen LogP contribution >= 0.6 is 0 Å². The first kappa shape index (κ1) is 8.75. The average molecular weight is 142 g/mol. The first-order valence-electron chi connectivity index (χ1n) is 2.77. The van der Waals surface area contributed by atoms with Gasteiger partial charge in [-0.05, 0) is 6.42 Å². The quantitative estimate of drug-likeness (QED) is 0.549. The van der Waals surface area contributed by atoms with Crippen LogP contribution in [0, 0.1) is 0 Å². The molecule has 0 N–H and O–H groups in total. The Morgan fingerprint density at radius 1 is 1.33 bits per heavy atom. The summed E-state index contributed by atoms with van der Waals surface area (Å²) in [4.78, 5) is 0. The summed E-state index contributed by atoms with van der Waals surface area (Å²) in [6.07, 6.45) is -3.27. The number of hydrogen-bond acceptors (Lipinski definition) is 1. The maximum Gasteiger partial charge on any atom is 0.522 e. The van der Waals surface area contributed by atoms with Crippen molar-refractivity contribution in [2.24, 2.45) is 0 Å². The molecule has 0 aliphatic heterocycles. The average Bonchev–Trinajstić information content (AvgIpc) is 1.63. The van der Waals surface area contributed by atoms with Gasteiger partial charge in [0.25, 0.3) is 0 Å². The lowest BCUT2D eigenvalue weighted by Gasteiger charge is -2.04. The van der Waals surface area contributed by atoms with Gasteiger partial charge in [0.1, 0.15) is 0 Å². The van der Waals surface area contributed by atoms with Crippen LogP contribution in [-0.4, -0.2) is 13.0 Å². The highest BCUT2D eigenvalue weighted by molar-refractivity contribution is 4.32. The van der Waals surface area contributed by atoms with Gasteiger partial charge in [-0.2, -0.15) is 0 Å². The van der Waals surface area contributed by atoms with Gasteiger partial charge in [0, 0.05) is 0 Å². The lowest BCUT2D eigenvalue weighted by Crippen LogP contribution is -2.13. The molecule has 1 nitrogen and oxygen atoms in total. The normalized spacial score (nSPS) is 12.0. The third-order valence-electron chi connectivity index (χ3n) is 0.764. The highest BCUT2D eigenvalue weighted by Gasteiger charge is 2.28. The number of ether oxygens (including phenoxy) is 1. The van der Waals surface area contributed by atoms with Crippen LogP contribution in [0.5, 0.6) is 0 Å². The molecule has 0 atom stereocenters. The van der Waals surface area contributed by atoms with Gasteiger partial charge in [0.15, 0.2) is 0 Å². The summed E-state index contributed by atoms with van der Waals surface area (Å²) < 4.78 is 36.9. The second-order valence-corrected chi connectivity index (χ2v) is 1.65. The van der Waals surface area contributed by atoms with E-state index in [1.165, 1.54) is 0 Å². The van der Waals surface area contributed by atoms with E-state index < -0.39 is 6.36 Å². The lowest BCUT2D eigenvalue weighted by molar-refractivity contribution is -0.324. The Labute approximate surface area is 51.8 Å². The van der Waals surface area contributed by atoms with Gasteiger partial charge in [-0.15, -0.1) is 13.2 Å². The zero-order valence-electron chi connectivity index (χ0n) is 5.16. The molecule has 56 valence electrons. The maximum atomic E-state index is 11.2. The minimum absolute atomic E-state index is 0.222. The summed E-state index contributed by atoms with van der Waals surface area (Å²) in [5, 5.41) is 0. The smallest absolute Gasteiger partial charge is 0.292 e. The van der Waals surface area contributed by atoms with Crippen LogP contribution in [0.2, 0.25) is 0 Å². The highest BCUT2D eigenvalue weighted by atomic mass is 19.4. The molecule has 0 aliphatic carbocycles. The van der Waals surface area contributed by atoms with Crippen LogP contribution in [0.25, 0.3) is 0 Å². The first-order chi connectivity index (χ1) is 4.06. The predicted molar refractivity (Wildman–Crippen MR) is 26.9 cm³/mol. The molecule has 4 heteroatoms. The van der Waals surface area contributed by atoms with Crippen molar-refractivity contribution in [3.63, 3.8) is 0 Å². The molecule has 0 radical (unpaired) electrons. The molecule has 0 aromatic carbocycles. The molecule has 0 spiro atoms. The Kier molecular flexibility index (Phi) is 3.61. The van der Waals surface area contributed by atoms with Crippen LogP contribution in [0.1, 0.15) is 19.8 Å². The van der Waals surface area contributed by atoms with E-state index in [-0.39, 0.29) is 6.61 Å². The van der Waals surface area contributed by atoms with E-state index in [2.05, 4.69) is 4.74 Å². The number of alkyl halides is 3. The molecule has 0 saturated heterocycles. The third kappa shape index (κ3) is 7.75.